The summed E-state index contributed by atoms with van der Waals surface area (Å²) in [6.07, 6.45) is 0.399. The topological polar surface area (TPSA) is 46.9 Å². The van der Waals surface area contributed by atoms with Crippen LogP contribution in [0.4, 0.5) is 0 Å². The molecular formula is C14H19N3OS. The van der Waals surface area contributed by atoms with Gasteiger partial charge in [0.15, 0.2) is 0 Å². The van der Waals surface area contributed by atoms with E-state index in [9.17, 15) is 4.79 Å². The summed E-state index contributed by atoms with van der Waals surface area (Å²) >= 11 is 1.72. The minimum atomic E-state index is 0.0465. The maximum Gasteiger partial charge on any atom is 0.224 e. The molecule has 0 bridgehead atoms. The summed E-state index contributed by atoms with van der Waals surface area (Å²) in [4.78, 5) is 14.4. The molecule has 1 amide bonds. The summed E-state index contributed by atoms with van der Waals surface area (Å²) in [7, 11) is 1.90. The lowest BCUT2D eigenvalue weighted by molar-refractivity contribution is -0.120. The highest BCUT2D eigenvalue weighted by Gasteiger charge is 2.13. The lowest BCUT2D eigenvalue weighted by atomic mass is 10.1. The molecule has 2 aromatic heterocycles. The van der Waals surface area contributed by atoms with Gasteiger partial charge in [0, 0.05) is 28.1 Å². The Bertz CT molecular complexity index is 598. The van der Waals surface area contributed by atoms with Gasteiger partial charge >= 0.3 is 0 Å². The first-order valence-electron chi connectivity index (χ1n) is 6.28. The fourth-order valence-corrected chi connectivity index (χ4v) is 2.89. The smallest absolute Gasteiger partial charge is 0.224 e. The number of aryl methyl sites for hydroxylation is 3. The normalized spacial score (nSPS) is 10.7. The quantitative estimate of drug-likeness (QED) is 0.932. The highest BCUT2D eigenvalue weighted by molar-refractivity contribution is 7.11. The molecule has 0 aliphatic rings. The molecule has 0 aliphatic carbocycles. The minimum absolute atomic E-state index is 0.0465. The molecule has 2 aromatic rings. The first kappa shape index (κ1) is 13.8. The highest BCUT2D eigenvalue weighted by atomic mass is 32.1. The Hall–Kier alpha value is -1.62. The van der Waals surface area contributed by atoms with E-state index in [2.05, 4.69) is 29.5 Å². The number of nitrogens with one attached hydrogen (secondary N) is 1. The van der Waals surface area contributed by atoms with Gasteiger partial charge in [0.05, 0.1) is 18.7 Å². The molecule has 0 aromatic carbocycles. The summed E-state index contributed by atoms with van der Waals surface area (Å²) in [5.74, 6) is 0.0465. The third kappa shape index (κ3) is 3.23. The standard InChI is InChI=1S/C14H19N3OS/c1-9-5-6-12(19-9)8-15-14(18)7-13-10(2)16-17(4)11(13)3/h5-6H,7-8H2,1-4H3,(H,15,18). The van der Waals surface area contributed by atoms with Crippen LogP contribution >= 0.6 is 11.3 Å². The molecule has 0 saturated heterocycles. The molecule has 1 N–H and O–H groups in total. The number of carbonyl (C=O) groups is 1. The van der Waals surface area contributed by atoms with Gasteiger partial charge in [0.1, 0.15) is 0 Å². The summed E-state index contributed by atoms with van der Waals surface area (Å²) < 4.78 is 1.82. The Kier molecular flexibility index (Phi) is 4.04. The van der Waals surface area contributed by atoms with E-state index in [4.69, 9.17) is 0 Å². The zero-order valence-corrected chi connectivity index (χ0v) is 12.6. The van der Waals surface area contributed by atoms with Crippen molar-refractivity contribution in [2.45, 2.75) is 33.7 Å². The third-order valence-electron chi connectivity index (χ3n) is 3.25. The molecule has 4 nitrogen and oxygen atoms in total. The third-order valence-corrected chi connectivity index (χ3v) is 4.25. The molecule has 2 rings (SSSR count). The fourth-order valence-electron chi connectivity index (χ4n) is 2.06. The van der Waals surface area contributed by atoms with Gasteiger partial charge in [-0.15, -0.1) is 11.3 Å². The Morgan fingerprint density at radius 2 is 2.11 bits per heavy atom. The summed E-state index contributed by atoms with van der Waals surface area (Å²) in [6.45, 7) is 6.61. The van der Waals surface area contributed by atoms with Gasteiger partial charge in [-0.05, 0) is 32.9 Å². The molecule has 19 heavy (non-hydrogen) atoms. The Morgan fingerprint density at radius 3 is 2.63 bits per heavy atom. The summed E-state index contributed by atoms with van der Waals surface area (Å²) in [6, 6.07) is 4.13. The average molecular weight is 277 g/mol. The molecule has 0 saturated carbocycles. The molecule has 0 fully saturated rings. The van der Waals surface area contributed by atoms with E-state index in [0.29, 0.717) is 13.0 Å². The van der Waals surface area contributed by atoms with Crippen molar-refractivity contribution < 1.29 is 4.79 Å². The minimum Gasteiger partial charge on any atom is -0.351 e. The second kappa shape index (κ2) is 5.57. The van der Waals surface area contributed by atoms with E-state index in [0.717, 1.165) is 17.0 Å². The molecule has 5 heteroatoms. The van der Waals surface area contributed by atoms with Gasteiger partial charge < -0.3 is 5.32 Å². The van der Waals surface area contributed by atoms with E-state index in [-0.39, 0.29) is 5.91 Å². The molecule has 0 unspecified atom stereocenters. The monoisotopic (exact) mass is 277 g/mol. The van der Waals surface area contributed by atoms with Crippen molar-refractivity contribution in [2.24, 2.45) is 7.05 Å². The van der Waals surface area contributed by atoms with Crippen molar-refractivity contribution >= 4 is 17.2 Å². The van der Waals surface area contributed by atoms with Gasteiger partial charge in [0.2, 0.25) is 5.91 Å². The number of nitrogens with zero attached hydrogens (tertiary/aromatic N) is 2. The van der Waals surface area contributed by atoms with Crippen LogP contribution in [-0.2, 0) is 24.8 Å². The summed E-state index contributed by atoms with van der Waals surface area (Å²) in [5, 5.41) is 7.28. The molecule has 0 aliphatic heterocycles. The maximum atomic E-state index is 12.0. The fraction of sp³-hybridized carbons (Fsp3) is 0.429. The second-order valence-electron chi connectivity index (χ2n) is 4.74. The van der Waals surface area contributed by atoms with Gasteiger partial charge in [-0.1, -0.05) is 0 Å². The van der Waals surface area contributed by atoms with Crippen LogP contribution < -0.4 is 5.32 Å². The van der Waals surface area contributed by atoms with E-state index in [1.165, 1.54) is 9.75 Å². The zero-order valence-electron chi connectivity index (χ0n) is 11.8. The second-order valence-corrected chi connectivity index (χ2v) is 6.11. The average Bonchev–Trinajstić information content (AvgIpc) is 2.86. The predicted molar refractivity (Wildman–Crippen MR) is 77.3 cm³/mol. The first-order chi connectivity index (χ1) is 8.97. The van der Waals surface area contributed by atoms with E-state index >= 15 is 0 Å². The number of carbonyl (C=O) groups excluding carboxylic acids is 1. The predicted octanol–water partition coefficient (Wildman–Crippen LogP) is 2.27. The van der Waals surface area contributed by atoms with Crippen molar-refractivity contribution in [3.63, 3.8) is 0 Å². The number of hydrogen-bond acceptors (Lipinski definition) is 3. The van der Waals surface area contributed by atoms with Gasteiger partial charge in [-0.3, -0.25) is 9.48 Å². The Morgan fingerprint density at radius 1 is 1.37 bits per heavy atom. The van der Waals surface area contributed by atoms with Crippen LogP contribution in [0.5, 0.6) is 0 Å². The van der Waals surface area contributed by atoms with E-state index in [1.54, 1.807) is 11.3 Å². The molecule has 0 atom stereocenters. The number of amides is 1. The zero-order chi connectivity index (χ0) is 14.0. The SMILES string of the molecule is Cc1ccc(CNC(=O)Cc2c(C)nn(C)c2C)s1. The molecular weight excluding hydrogens is 258 g/mol. The lowest BCUT2D eigenvalue weighted by Gasteiger charge is -2.04. The van der Waals surface area contributed by atoms with Crippen LogP contribution in [0.3, 0.4) is 0 Å². The highest BCUT2D eigenvalue weighted by Crippen LogP contribution is 2.15. The van der Waals surface area contributed by atoms with Crippen LogP contribution in [0.1, 0.15) is 26.7 Å². The van der Waals surface area contributed by atoms with Crippen LogP contribution in [-0.4, -0.2) is 15.7 Å². The Balaban J connectivity index is 1.94. The van der Waals surface area contributed by atoms with E-state index < -0.39 is 0 Å². The van der Waals surface area contributed by atoms with Crippen molar-refractivity contribution in [1.82, 2.24) is 15.1 Å². The van der Waals surface area contributed by atoms with Crippen LogP contribution in [0.2, 0.25) is 0 Å². The number of rotatable bonds is 4. The largest absolute Gasteiger partial charge is 0.351 e. The van der Waals surface area contributed by atoms with Gasteiger partial charge in [-0.25, -0.2) is 0 Å². The van der Waals surface area contributed by atoms with Crippen molar-refractivity contribution in [2.75, 3.05) is 0 Å². The molecule has 102 valence electrons. The van der Waals surface area contributed by atoms with Gasteiger partial charge in [-0.2, -0.15) is 5.10 Å². The van der Waals surface area contributed by atoms with Crippen molar-refractivity contribution in [3.05, 3.63) is 38.8 Å². The number of aromatic nitrogens is 2. The van der Waals surface area contributed by atoms with Gasteiger partial charge in [0.25, 0.3) is 0 Å². The van der Waals surface area contributed by atoms with Crippen LogP contribution in [0.25, 0.3) is 0 Å². The van der Waals surface area contributed by atoms with Crippen molar-refractivity contribution in [1.29, 1.82) is 0 Å². The first-order valence-corrected chi connectivity index (χ1v) is 7.10. The van der Waals surface area contributed by atoms with Crippen molar-refractivity contribution in [3.8, 4) is 0 Å². The molecule has 2 heterocycles. The molecule has 0 radical (unpaired) electrons. The lowest BCUT2D eigenvalue weighted by Crippen LogP contribution is -2.24. The summed E-state index contributed by atoms with van der Waals surface area (Å²) in [5.41, 5.74) is 3.02. The Labute approximate surface area is 117 Å². The van der Waals surface area contributed by atoms with Crippen LogP contribution in [0.15, 0.2) is 12.1 Å². The molecule has 0 spiro atoms. The number of hydrogen-bond donors (Lipinski definition) is 1. The number of thiophene rings is 1. The van der Waals surface area contributed by atoms with E-state index in [1.807, 2.05) is 25.6 Å². The van der Waals surface area contributed by atoms with Crippen LogP contribution in [0, 0.1) is 20.8 Å². The maximum absolute atomic E-state index is 12.0.